The largest absolute Gasteiger partial charge is 0.341 e. The number of nitrogens with zero attached hydrogens (tertiary/aromatic N) is 2. The molecule has 2 aromatic rings. The van der Waals surface area contributed by atoms with Crippen LogP contribution < -0.4 is 0 Å². The van der Waals surface area contributed by atoms with Crippen LogP contribution in [0.25, 0.3) is 10.9 Å². The maximum Gasteiger partial charge on any atom is 0.233 e. The van der Waals surface area contributed by atoms with E-state index < -0.39 is 0 Å². The first kappa shape index (κ1) is 11.9. The highest BCUT2D eigenvalue weighted by Crippen LogP contribution is 2.52. The molecule has 0 radical (unpaired) electrons. The summed E-state index contributed by atoms with van der Waals surface area (Å²) in [6, 6.07) is 10.2. The number of benzene rings is 1. The first-order valence-electron chi connectivity index (χ1n) is 7.34. The van der Waals surface area contributed by atoms with E-state index in [1.165, 1.54) is 5.56 Å². The zero-order valence-corrected chi connectivity index (χ0v) is 11.7. The fourth-order valence-corrected chi connectivity index (χ4v) is 3.40. The van der Waals surface area contributed by atoms with Crippen molar-refractivity contribution in [1.82, 2.24) is 9.88 Å². The van der Waals surface area contributed by atoms with Crippen LogP contribution in [-0.2, 0) is 10.2 Å². The average molecular weight is 266 g/mol. The molecule has 0 bridgehead atoms. The highest BCUT2D eigenvalue weighted by molar-refractivity contribution is 5.97. The van der Waals surface area contributed by atoms with Gasteiger partial charge in [0.2, 0.25) is 5.91 Å². The van der Waals surface area contributed by atoms with Gasteiger partial charge in [0.05, 0.1) is 10.9 Å². The summed E-state index contributed by atoms with van der Waals surface area (Å²) in [7, 11) is 0. The lowest BCUT2D eigenvalue weighted by molar-refractivity contribution is -0.139. The Morgan fingerprint density at radius 1 is 1.25 bits per heavy atom. The van der Waals surface area contributed by atoms with Crippen LogP contribution in [0.3, 0.4) is 0 Å². The Labute approximate surface area is 118 Å². The van der Waals surface area contributed by atoms with Crippen LogP contribution >= 0.6 is 0 Å². The van der Waals surface area contributed by atoms with Gasteiger partial charge in [-0.25, -0.2) is 0 Å². The van der Waals surface area contributed by atoms with Gasteiger partial charge in [-0.1, -0.05) is 25.1 Å². The standard InChI is InChI=1S/C17H18N2O/c1-12-10-19(11-12)16(20)17(7-8-17)14-6-9-18-15-5-3-2-4-13(14)15/h2-6,9,12H,7-8,10-11H2,1H3. The molecular weight excluding hydrogens is 248 g/mol. The number of amides is 1. The average Bonchev–Trinajstić information content (AvgIpc) is 3.24. The van der Waals surface area contributed by atoms with Crippen LogP contribution in [0.4, 0.5) is 0 Å². The number of rotatable bonds is 2. The maximum atomic E-state index is 12.8. The number of carbonyl (C=O) groups is 1. The van der Waals surface area contributed by atoms with E-state index in [2.05, 4.69) is 18.0 Å². The van der Waals surface area contributed by atoms with Gasteiger partial charge in [-0.15, -0.1) is 0 Å². The lowest BCUT2D eigenvalue weighted by atomic mass is 9.89. The van der Waals surface area contributed by atoms with Crippen LogP contribution in [0.5, 0.6) is 0 Å². The summed E-state index contributed by atoms with van der Waals surface area (Å²) in [4.78, 5) is 19.2. The molecule has 0 unspecified atom stereocenters. The molecule has 2 heterocycles. The number of pyridine rings is 1. The van der Waals surface area contributed by atoms with Crippen molar-refractivity contribution >= 4 is 16.8 Å². The normalized spacial score (nSPS) is 20.8. The van der Waals surface area contributed by atoms with Crippen LogP contribution in [-0.4, -0.2) is 28.9 Å². The van der Waals surface area contributed by atoms with E-state index >= 15 is 0 Å². The maximum absolute atomic E-state index is 12.8. The van der Waals surface area contributed by atoms with E-state index in [0.717, 1.165) is 36.8 Å². The fraction of sp³-hybridized carbons (Fsp3) is 0.412. The Kier molecular flexibility index (Phi) is 2.40. The molecule has 2 fully saturated rings. The number of para-hydroxylation sites is 1. The minimum absolute atomic E-state index is 0.261. The molecule has 1 saturated carbocycles. The van der Waals surface area contributed by atoms with E-state index in [-0.39, 0.29) is 5.41 Å². The number of likely N-dealkylation sites (tertiary alicyclic amines) is 1. The molecule has 2 aliphatic rings. The summed E-state index contributed by atoms with van der Waals surface area (Å²) in [5.74, 6) is 0.982. The van der Waals surface area contributed by atoms with Crippen molar-refractivity contribution in [3.63, 3.8) is 0 Å². The molecule has 102 valence electrons. The van der Waals surface area contributed by atoms with Crippen LogP contribution in [0.15, 0.2) is 36.5 Å². The van der Waals surface area contributed by atoms with Crippen molar-refractivity contribution in [1.29, 1.82) is 0 Å². The molecule has 1 aromatic heterocycles. The van der Waals surface area contributed by atoms with E-state index in [1.807, 2.05) is 35.4 Å². The third kappa shape index (κ3) is 1.59. The highest BCUT2D eigenvalue weighted by Gasteiger charge is 2.54. The molecule has 3 nitrogen and oxygen atoms in total. The molecule has 20 heavy (non-hydrogen) atoms. The topological polar surface area (TPSA) is 33.2 Å². The second kappa shape index (κ2) is 4.05. The monoisotopic (exact) mass is 266 g/mol. The third-order valence-corrected chi connectivity index (χ3v) is 4.68. The van der Waals surface area contributed by atoms with Gasteiger partial charge in [0.15, 0.2) is 0 Å². The molecule has 1 aliphatic heterocycles. The van der Waals surface area contributed by atoms with Gasteiger partial charge in [-0.2, -0.15) is 0 Å². The summed E-state index contributed by atoms with van der Waals surface area (Å²) in [6.07, 6.45) is 3.79. The smallest absolute Gasteiger partial charge is 0.233 e. The second-order valence-electron chi connectivity index (χ2n) is 6.27. The molecule has 1 amide bonds. The first-order valence-corrected chi connectivity index (χ1v) is 7.34. The van der Waals surface area contributed by atoms with Crippen molar-refractivity contribution in [3.05, 3.63) is 42.1 Å². The number of aromatic nitrogens is 1. The predicted molar refractivity (Wildman–Crippen MR) is 78.4 cm³/mol. The Balaban J connectivity index is 1.77. The molecule has 3 heteroatoms. The summed E-state index contributed by atoms with van der Waals surface area (Å²) < 4.78 is 0. The van der Waals surface area contributed by atoms with Crippen molar-refractivity contribution in [3.8, 4) is 0 Å². The minimum atomic E-state index is -0.261. The van der Waals surface area contributed by atoms with Gasteiger partial charge >= 0.3 is 0 Å². The van der Waals surface area contributed by atoms with E-state index in [4.69, 9.17) is 0 Å². The molecule has 1 saturated heterocycles. The second-order valence-corrected chi connectivity index (χ2v) is 6.27. The molecule has 0 spiro atoms. The predicted octanol–water partition coefficient (Wildman–Crippen LogP) is 2.74. The molecule has 0 atom stereocenters. The van der Waals surface area contributed by atoms with Gasteiger partial charge in [-0.3, -0.25) is 9.78 Å². The Morgan fingerprint density at radius 3 is 2.70 bits per heavy atom. The van der Waals surface area contributed by atoms with E-state index in [0.29, 0.717) is 11.8 Å². The van der Waals surface area contributed by atoms with E-state index in [1.54, 1.807) is 0 Å². The Morgan fingerprint density at radius 2 is 2.00 bits per heavy atom. The lowest BCUT2D eigenvalue weighted by Crippen LogP contribution is -2.52. The molecule has 1 aromatic carbocycles. The van der Waals surface area contributed by atoms with Gasteiger partial charge in [-0.05, 0) is 36.5 Å². The highest BCUT2D eigenvalue weighted by atomic mass is 16.2. The Hall–Kier alpha value is -1.90. The van der Waals surface area contributed by atoms with Crippen molar-refractivity contribution in [2.75, 3.05) is 13.1 Å². The van der Waals surface area contributed by atoms with Crippen molar-refractivity contribution in [2.24, 2.45) is 5.92 Å². The fourth-order valence-electron chi connectivity index (χ4n) is 3.40. The summed E-state index contributed by atoms with van der Waals surface area (Å²) in [6.45, 7) is 4.04. The minimum Gasteiger partial charge on any atom is -0.341 e. The summed E-state index contributed by atoms with van der Waals surface area (Å²) in [5, 5.41) is 1.13. The Bertz CT molecular complexity index is 679. The summed E-state index contributed by atoms with van der Waals surface area (Å²) in [5.41, 5.74) is 1.90. The number of hydrogen-bond donors (Lipinski definition) is 0. The van der Waals surface area contributed by atoms with Gasteiger partial charge < -0.3 is 4.90 Å². The van der Waals surface area contributed by atoms with Crippen molar-refractivity contribution in [2.45, 2.75) is 25.2 Å². The van der Waals surface area contributed by atoms with E-state index in [9.17, 15) is 4.79 Å². The van der Waals surface area contributed by atoms with Crippen LogP contribution in [0, 0.1) is 5.92 Å². The summed E-state index contributed by atoms with van der Waals surface area (Å²) >= 11 is 0. The SMILES string of the molecule is CC1CN(C(=O)C2(c3ccnc4ccccc34)CC2)C1. The van der Waals surface area contributed by atoms with Crippen LogP contribution in [0.1, 0.15) is 25.3 Å². The van der Waals surface area contributed by atoms with Crippen molar-refractivity contribution < 1.29 is 4.79 Å². The molecule has 1 aliphatic carbocycles. The zero-order valence-electron chi connectivity index (χ0n) is 11.7. The molecule has 0 N–H and O–H groups in total. The number of hydrogen-bond acceptors (Lipinski definition) is 2. The zero-order chi connectivity index (χ0) is 13.7. The molecular formula is C17H18N2O. The van der Waals surface area contributed by atoms with Gasteiger partial charge in [0.1, 0.15) is 0 Å². The first-order chi connectivity index (χ1) is 9.71. The third-order valence-electron chi connectivity index (χ3n) is 4.68. The van der Waals surface area contributed by atoms with Gasteiger partial charge in [0, 0.05) is 24.7 Å². The van der Waals surface area contributed by atoms with Crippen LogP contribution in [0.2, 0.25) is 0 Å². The van der Waals surface area contributed by atoms with Gasteiger partial charge in [0.25, 0.3) is 0 Å². The lowest BCUT2D eigenvalue weighted by Gasteiger charge is -2.39. The number of fused-ring (bicyclic) bond motifs is 1. The quantitative estimate of drug-likeness (QED) is 0.837. The number of carbonyl (C=O) groups excluding carboxylic acids is 1. The molecule has 4 rings (SSSR count).